The van der Waals surface area contributed by atoms with E-state index in [1.807, 2.05) is 13.8 Å². The van der Waals surface area contributed by atoms with E-state index in [2.05, 4.69) is 20.3 Å². The van der Waals surface area contributed by atoms with E-state index in [4.69, 9.17) is 9.97 Å². The molecule has 0 saturated carbocycles. The number of thiazole rings is 1. The molecule has 2 aromatic heterocycles. The van der Waals surface area contributed by atoms with Crippen molar-refractivity contribution >= 4 is 33.0 Å². The summed E-state index contributed by atoms with van der Waals surface area (Å²) in [6, 6.07) is 7.66. The number of hydrogen-bond acceptors (Lipinski definition) is 8. The molecule has 3 N–H and O–H groups in total. The Labute approximate surface area is 240 Å². The third-order valence-corrected chi connectivity index (χ3v) is 9.46. The molecule has 0 amide bonds. The Hall–Kier alpha value is -3.55. The van der Waals surface area contributed by atoms with Gasteiger partial charge in [-0.15, -0.1) is 11.3 Å². The smallest absolute Gasteiger partial charge is 0.265 e. The molecule has 1 fully saturated rings. The van der Waals surface area contributed by atoms with Crippen LogP contribution < -0.4 is 15.4 Å². The Kier molecular flexibility index (Phi) is 8.57. The van der Waals surface area contributed by atoms with Crippen LogP contribution in [0.2, 0.25) is 0 Å². The van der Waals surface area contributed by atoms with Gasteiger partial charge in [-0.1, -0.05) is 13.8 Å². The summed E-state index contributed by atoms with van der Waals surface area (Å²) in [5.74, 6) is -1.90. The number of halogens is 3. The second-order valence-electron chi connectivity index (χ2n) is 10.1. The molecule has 0 spiro atoms. The van der Waals surface area contributed by atoms with Crippen LogP contribution in [0, 0.1) is 23.4 Å². The predicted molar refractivity (Wildman–Crippen MR) is 154 cm³/mol. The van der Waals surface area contributed by atoms with Gasteiger partial charge >= 0.3 is 0 Å². The summed E-state index contributed by atoms with van der Waals surface area (Å²) in [4.78, 5) is 13.6. The van der Waals surface area contributed by atoms with Gasteiger partial charge in [-0.3, -0.25) is 4.72 Å². The largest absolute Gasteiger partial charge is 0.354 e. The predicted octanol–water partition coefficient (Wildman–Crippen LogP) is 6.02. The number of sulfonamides is 1. The SMILES string of the molecule is CC(C)c1nc(-c2ccc(F)c(NS(=O)(=O)c3cc(F)ccc3F)c2)c(-c2ccnc(NCC3CCNCC3)n2)s1. The molecule has 0 radical (unpaired) electrons. The standard InChI is InChI=1S/C28H29F3N6O2S2/c1-16(2)27-36-25(26(40-27)22-9-12-33-28(35-22)34-15-17-7-10-32-11-8-17)18-3-5-20(30)23(13-18)37-41(38,39)24-14-19(29)4-6-21(24)31/h3-6,9,12-14,16-17,32,37H,7-8,10-11,15H2,1-2H3,(H,33,34,35). The number of nitrogens with one attached hydrogen (secondary N) is 3. The van der Waals surface area contributed by atoms with Crippen LogP contribution in [0.1, 0.15) is 37.6 Å². The maximum atomic E-state index is 14.8. The highest BCUT2D eigenvalue weighted by molar-refractivity contribution is 7.92. The lowest BCUT2D eigenvalue weighted by Crippen LogP contribution is -2.31. The van der Waals surface area contributed by atoms with Gasteiger partial charge in [0.25, 0.3) is 10.0 Å². The van der Waals surface area contributed by atoms with Gasteiger partial charge in [0.05, 0.1) is 27.0 Å². The summed E-state index contributed by atoms with van der Waals surface area (Å²) in [5, 5.41) is 7.49. The fourth-order valence-electron chi connectivity index (χ4n) is 4.48. The fourth-order valence-corrected chi connectivity index (χ4v) is 6.69. The number of aromatic nitrogens is 3. The zero-order valence-electron chi connectivity index (χ0n) is 22.4. The lowest BCUT2D eigenvalue weighted by atomic mass is 9.98. The van der Waals surface area contributed by atoms with Gasteiger partial charge < -0.3 is 10.6 Å². The first-order valence-electron chi connectivity index (χ1n) is 13.2. The van der Waals surface area contributed by atoms with Gasteiger partial charge in [-0.25, -0.2) is 36.5 Å². The van der Waals surface area contributed by atoms with Crippen molar-refractivity contribution in [2.24, 2.45) is 5.92 Å². The third-order valence-electron chi connectivity index (χ3n) is 6.70. The topological polar surface area (TPSA) is 109 Å². The molecule has 8 nitrogen and oxygen atoms in total. The number of piperidine rings is 1. The van der Waals surface area contributed by atoms with Crippen LogP contribution >= 0.6 is 11.3 Å². The van der Waals surface area contributed by atoms with Gasteiger partial charge in [0.1, 0.15) is 22.3 Å². The molecule has 1 saturated heterocycles. The lowest BCUT2D eigenvalue weighted by Gasteiger charge is -2.22. The molecule has 1 aliphatic rings. The van der Waals surface area contributed by atoms with Crippen molar-refractivity contribution in [3.8, 4) is 21.8 Å². The van der Waals surface area contributed by atoms with E-state index >= 15 is 0 Å². The molecule has 0 aliphatic carbocycles. The van der Waals surface area contributed by atoms with Gasteiger partial charge in [0.15, 0.2) is 0 Å². The first-order valence-corrected chi connectivity index (χ1v) is 15.5. The van der Waals surface area contributed by atoms with Crippen molar-refractivity contribution in [2.45, 2.75) is 37.5 Å². The number of anilines is 2. The second-order valence-corrected chi connectivity index (χ2v) is 12.8. The zero-order chi connectivity index (χ0) is 29.1. The minimum Gasteiger partial charge on any atom is -0.354 e. The van der Waals surface area contributed by atoms with Gasteiger partial charge in [0.2, 0.25) is 5.95 Å². The molecule has 1 aliphatic heterocycles. The Bertz CT molecular complexity index is 1660. The molecule has 216 valence electrons. The van der Waals surface area contributed by atoms with Crippen molar-refractivity contribution in [2.75, 3.05) is 29.7 Å². The highest BCUT2D eigenvalue weighted by Crippen LogP contribution is 2.39. The Morgan fingerprint density at radius 1 is 1.02 bits per heavy atom. The minimum absolute atomic E-state index is 0.0845. The summed E-state index contributed by atoms with van der Waals surface area (Å²) in [7, 11) is -4.64. The van der Waals surface area contributed by atoms with E-state index in [9.17, 15) is 21.6 Å². The van der Waals surface area contributed by atoms with Crippen molar-refractivity contribution in [1.29, 1.82) is 0 Å². The molecule has 5 rings (SSSR count). The minimum atomic E-state index is -4.64. The molecule has 2 aromatic carbocycles. The summed E-state index contributed by atoms with van der Waals surface area (Å²) < 4.78 is 70.4. The summed E-state index contributed by atoms with van der Waals surface area (Å²) >= 11 is 1.43. The monoisotopic (exact) mass is 602 g/mol. The van der Waals surface area contributed by atoms with Gasteiger partial charge in [0, 0.05) is 24.2 Å². The highest BCUT2D eigenvalue weighted by Gasteiger charge is 2.24. The maximum Gasteiger partial charge on any atom is 0.265 e. The van der Waals surface area contributed by atoms with Crippen molar-refractivity contribution in [3.63, 3.8) is 0 Å². The normalized spacial score (nSPS) is 14.4. The number of hydrogen-bond donors (Lipinski definition) is 3. The number of benzene rings is 2. The Morgan fingerprint density at radius 2 is 1.78 bits per heavy atom. The quantitative estimate of drug-likeness (QED) is 0.215. The summed E-state index contributed by atoms with van der Waals surface area (Å²) in [5.41, 5.74) is 1.09. The van der Waals surface area contributed by atoms with Crippen LogP contribution in [-0.2, 0) is 10.0 Å². The number of nitrogens with zero attached hydrogens (tertiary/aromatic N) is 3. The van der Waals surface area contributed by atoms with Crippen molar-refractivity contribution < 1.29 is 21.6 Å². The average molecular weight is 603 g/mol. The molecule has 0 bridgehead atoms. The van der Waals surface area contributed by atoms with Crippen LogP contribution in [0.4, 0.5) is 24.8 Å². The van der Waals surface area contributed by atoms with Crippen LogP contribution in [0.25, 0.3) is 21.8 Å². The summed E-state index contributed by atoms with van der Waals surface area (Å²) in [6.07, 6.45) is 3.81. The average Bonchev–Trinajstić information content (AvgIpc) is 3.41. The van der Waals surface area contributed by atoms with Crippen LogP contribution in [-0.4, -0.2) is 43.0 Å². The third kappa shape index (κ3) is 6.68. The molecule has 4 aromatic rings. The number of rotatable bonds is 9. The van der Waals surface area contributed by atoms with Crippen molar-refractivity contribution in [3.05, 3.63) is 71.1 Å². The van der Waals surface area contributed by atoms with E-state index in [0.29, 0.717) is 45.8 Å². The lowest BCUT2D eigenvalue weighted by molar-refractivity contribution is 0.389. The Balaban J connectivity index is 1.48. The van der Waals surface area contributed by atoms with E-state index < -0.39 is 38.1 Å². The molecule has 13 heteroatoms. The van der Waals surface area contributed by atoms with Gasteiger partial charge in [-0.2, -0.15) is 0 Å². The first kappa shape index (κ1) is 29.0. The molecule has 0 atom stereocenters. The van der Waals surface area contributed by atoms with E-state index in [1.165, 1.54) is 23.5 Å². The maximum absolute atomic E-state index is 14.8. The molecule has 3 heterocycles. The fraction of sp³-hybridized carbons (Fsp3) is 0.321. The van der Waals surface area contributed by atoms with Crippen LogP contribution in [0.5, 0.6) is 0 Å². The highest BCUT2D eigenvalue weighted by atomic mass is 32.2. The molecule has 0 unspecified atom stereocenters. The summed E-state index contributed by atoms with van der Waals surface area (Å²) in [6.45, 7) is 6.72. The van der Waals surface area contributed by atoms with E-state index in [1.54, 1.807) is 12.3 Å². The zero-order valence-corrected chi connectivity index (χ0v) is 24.1. The van der Waals surface area contributed by atoms with Gasteiger partial charge in [-0.05, 0) is 74.3 Å². The molecular weight excluding hydrogens is 573 g/mol. The van der Waals surface area contributed by atoms with E-state index in [-0.39, 0.29) is 5.92 Å². The first-order chi connectivity index (χ1) is 19.6. The second kappa shape index (κ2) is 12.1. The Morgan fingerprint density at radius 3 is 2.54 bits per heavy atom. The van der Waals surface area contributed by atoms with E-state index in [0.717, 1.165) is 49.6 Å². The van der Waals surface area contributed by atoms with Crippen LogP contribution in [0.15, 0.2) is 53.6 Å². The van der Waals surface area contributed by atoms with Crippen LogP contribution in [0.3, 0.4) is 0 Å². The van der Waals surface area contributed by atoms with Crippen molar-refractivity contribution in [1.82, 2.24) is 20.3 Å². The molecule has 41 heavy (non-hydrogen) atoms. The molecular formula is C28H29F3N6O2S2.